The van der Waals surface area contributed by atoms with Crippen LogP contribution in [0.1, 0.15) is 64.5 Å². The normalized spacial score (nSPS) is 39.9. The minimum Gasteiger partial charge on any atom is -0.379 e. The highest BCUT2D eigenvalue weighted by Gasteiger charge is 2.57. The smallest absolute Gasteiger partial charge is 0.279 e. The lowest BCUT2D eigenvalue weighted by Gasteiger charge is -2.58. The first-order chi connectivity index (χ1) is 16.7. The Kier molecular flexibility index (Phi) is 5.83. The Morgan fingerprint density at radius 3 is 2.57 bits per heavy atom. The molecule has 8 heteroatoms. The summed E-state index contributed by atoms with van der Waals surface area (Å²) in [6.45, 7) is 8.88. The number of nitrogens with zero attached hydrogens (tertiary/aromatic N) is 3. The Hall–Kier alpha value is -1.48. The van der Waals surface area contributed by atoms with Crippen molar-refractivity contribution in [3.05, 3.63) is 35.9 Å². The largest absolute Gasteiger partial charge is 0.379 e. The minimum absolute atomic E-state index is 0.00296. The molecule has 4 aliphatic carbocycles. The Bertz CT molecular complexity index is 1150. The van der Waals surface area contributed by atoms with Gasteiger partial charge in [0, 0.05) is 36.4 Å². The van der Waals surface area contributed by atoms with Gasteiger partial charge in [-0.25, -0.2) is 4.98 Å². The van der Waals surface area contributed by atoms with Crippen LogP contribution in [-0.2, 0) is 14.9 Å². The number of nitrogens with one attached hydrogen (secondary N) is 1. The minimum atomic E-state index is -3.45. The number of rotatable bonds is 4. The van der Waals surface area contributed by atoms with E-state index in [1.807, 2.05) is 6.33 Å². The molecular formula is C27H40N4O3S. The fourth-order valence-electron chi connectivity index (χ4n) is 8.33. The molecule has 1 aromatic heterocycles. The third kappa shape index (κ3) is 3.87. The topological polar surface area (TPSA) is 76.5 Å². The van der Waals surface area contributed by atoms with Gasteiger partial charge >= 0.3 is 0 Å². The predicted octanol–water partition coefficient (Wildman–Crippen LogP) is 4.14. The zero-order chi connectivity index (χ0) is 24.4. The maximum absolute atomic E-state index is 13.0. The molecule has 6 atom stereocenters. The molecule has 2 heterocycles. The van der Waals surface area contributed by atoms with Crippen molar-refractivity contribution in [1.82, 2.24) is 18.6 Å². The van der Waals surface area contributed by atoms with Gasteiger partial charge in [0.2, 0.25) is 0 Å². The molecule has 1 aromatic rings. The molecule has 35 heavy (non-hydrogen) atoms. The van der Waals surface area contributed by atoms with Crippen molar-refractivity contribution in [1.29, 1.82) is 0 Å². The van der Waals surface area contributed by atoms with Gasteiger partial charge in [-0.15, -0.1) is 0 Å². The summed E-state index contributed by atoms with van der Waals surface area (Å²) in [6.07, 6.45) is 16.7. The molecule has 0 spiro atoms. The summed E-state index contributed by atoms with van der Waals surface area (Å²) in [7, 11) is -3.45. The van der Waals surface area contributed by atoms with E-state index in [1.165, 1.54) is 24.1 Å². The van der Waals surface area contributed by atoms with Crippen LogP contribution in [0.15, 0.2) is 30.2 Å². The van der Waals surface area contributed by atoms with Crippen LogP contribution in [0.4, 0.5) is 0 Å². The van der Waals surface area contributed by atoms with E-state index < -0.39 is 10.2 Å². The number of allylic oxidation sites excluding steroid dienone is 3. The highest BCUT2D eigenvalue weighted by Crippen LogP contribution is 2.65. The molecule has 1 N–H and O–H groups in total. The molecule has 192 valence electrons. The molecule has 7 nitrogen and oxygen atoms in total. The molecule has 5 aliphatic rings. The number of fused-ring (bicyclic) bond motifs is 5. The van der Waals surface area contributed by atoms with Crippen LogP contribution in [0.5, 0.6) is 0 Å². The maximum Gasteiger partial charge on any atom is 0.279 e. The van der Waals surface area contributed by atoms with E-state index in [0.717, 1.165) is 37.8 Å². The average molecular weight is 501 g/mol. The SMILES string of the molecule is Cc1cn(C2=CCC3C4CC=C5C[C@@H](NS(=O)(=O)N6CCOCC6)CC[C@]5(C)C4CC[C@]23C)cn1. The highest BCUT2D eigenvalue weighted by atomic mass is 32.2. The van der Waals surface area contributed by atoms with Crippen LogP contribution in [0, 0.1) is 35.5 Å². The van der Waals surface area contributed by atoms with E-state index in [2.05, 4.69) is 53.4 Å². The van der Waals surface area contributed by atoms with E-state index in [0.29, 0.717) is 44.1 Å². The molecule has 3 unspecified atom stereocenters. The van der Waals surface area contributed by atoms with Crippen molar-refractivity contribution in [3.8, 4) is 0 Å². The summed E-state index contributed by atoms with van der Waals surface area (Å²) < 4.78 is 38.1. The van der Waals surface area contributed by atoms with Gasteiger partial charge in [-0.3, -0.25) is 0 Å². The van der Waals surface area contributed by atoms with Gasteiger partial charge < -0.3 is 9.30 Å². The summed E-state index contributed by atoms with van der Waals surface area (Å²) in [4.78, 5) is 4.49. The zero-order valence-corrected chi connectivity index (χ0v) is 22.2. The Morgan fingerprint density at radius 1 is 1.06 bits per heavy atom. The van der Waals surface area contributed by atoms with Gasteiger partial charge in [0.25, 0.3) is 10.2 Å². The van der Waals surface area contributed by atoms with Crippen molar-refractivity contribution < 1.29 is 13.2 Å². The van der Waals surface area contributed by atoms with Crippen molar-refractivity contribution in [2.75, 3.05) is 26.3 Å². The monoisotopic (exact) mass is 500 g/mol. The second-order valence-electron chi connectivity index (χ2n) is 12.0. The first-order valence-electron chi connectivity index (χ1n) is 13.5. The van der Waals surface area contributed by atoms with Crippen LogP contribution in [0.2, 0.25) is 0 Å². The molecule has 3 fully saturated rings. The van der Waals surface area contributed by atoms with E-state index in [1.54, 1.807) is 4.31 Å². The number of aromatic nitrogens is 2. The Balaban J connectivity index is 1.19. The summed E-state index contributed by atoms with van der Waals surface area (Å²) in [6, 6.07) is -0.00296. The maximum atomic E-state index is 13.0. The number of hydrogen-bond acceptors (Lipinski definition) is 4. The zero-order valence-electron chi connectivity index (χ0n) is 21.4. The molecule has 1 saturated heterocycles. The standard InChI is InChI=1S/C27H40N4O3S/c1-19-17-30(18-28-19)25-7-6-23-22-5-4-20-16-21(29-35(32,33)31-12-14-34-15-13-31)8-10-26(20,2)24(22)9-11-27(23,25)3/h4,7,17-18,21-24,29H,5-6,8-16H2,1-3H3/t21-,22?,23?,24?,26-,27-/m0/s1. The molecule has 0 bridgehead atoms. The van der Waals surface area contributed by atoms with Crippen LogP contribution in [0.3, 0.4) is 0 Å². The average Bonchev–Trinajstić information content (AvgIpc) is 3.42. The second-order valence-corrected chi connectivity index (χ2v) is 13.7. The first kappa shape index (κ1) is 23.9. The van der Waals surface area contributed by atoms with E-state index in [9.17, 15) is 8.42 Å². The molecule has 0 aromatic carbocycles. The third-order valence-electron chi connectivity index (χ3n) is 10.3. The van der Waals surface area contributed by atoms with Gasteiger partial charge in [0.15, 0.2) is 0 Å². The number of morpholine rings is 1. The fraction of sp³-hybridized carbons (Fsp3) is 0.741. The number of ether oxygens (including phenoxy) is 1. The van der Waals surface area contributed by atoms with Gasteiger partial charge in [-0.1, -0.05) is 31.6 Å². The number of imidazole rings is 1. The highest BCUT2D eigenvalue weighted by molar-refractivity contribution is 7.87. The molecule has 0 amide bonds. The Morgan fingerprint density at radius 2 is 1.83 bits per heavy atom. The molecule has 1 aliphatic heterocycles. The second kappa shape index (κ2) is 8.54. The molecular weight excluding hydrogens is 460 g/mol. The van der Waals surface area contributed by atoms with Crippen LogP contribution in [0.25, 0.3) is 5.70 Å². The van der Waals surface area contributed by atoms with E-state index >= 15 is 0 Å². The van der Waals surface area contributed by atoms with Gasteiger partial charge in [-0.2, -0.15) is 17.4 Å². The van der Waals surface area contributed by atoms with Crippen molar-refractivity contribution in [2.24, 2.45) is 28.6 Å². The summed E-state index contributed by atoms with van der Waals surface area (Å²) in [5.41, 5.74) is 4.42. The van der Waals surface area contributed by atoms with Gasteiger partial charge in [-0.05, 0) is 75.0 Å². The third-order valence-corrected chi connectivity index (χ3v) is 11.9. The van der Waals surface area contributed by atoms with Crippen molar-refractivity contribution in [3.63, 3.8) is 0 Å². The predicted molar refractivity (Wildman–Crippen MR) is 137 cm³/mol. The number of aryl methyl sites for hydroxylation is 1. The molecule has 0 radical (unpaired) electrons. The number of hydrogen-bond donors (Lipinski definition) is 1. The molecule has 6 rings (SSSR count). The van der Waals surface area contributed by atoms with Crippen LogP contribution < -0.4 is 4.72 Å². The summed E-state index contributed by atoms with van der Waals surface area (Å²) in [5, 5.41) is 0. The van der Waals surface area contributed by atoms with E-state index in [4.69, 9.17) is 4.74 Å². The fourth-order valence-corrected chi connectivity index (χ4v) is 9.73. The van der Waals surface area contributed by atoms with Crippen molar-refractivity contribution >= 4 is 15.9 Å². The van der Waals surface area contributed by atoms with E-state index in [-0.39, 0.29) is 16.9 Å². The first-order valence-corrected chi connectivity index (χ1v) is 14.9. The van der Waals surface area contributed by atoms with Crippen molar-refractivity contribution in [2.45, 2.75) is 71.8 Å². The van der Waals surface area contributed by atoms with Gasteiger partial charge in [0.05, 0.1) is 25.2 Å². The summed E-state index contributed by atoms with van der Waals surface area (Å²) >= 11 is 0. The van der Waals surface area contributed by atoms with Crippen LogP contribution >= 0.6 is 0 Å². The lowest BCUT2D eigenvalue weighted by Crippen LogP contribution is -2.53. The lowest BCUT2D eigenvalue weighted by atomic mass is 9.47. The Labute approximate surface area is 210 Å². The lowest BCUT2D eigenvalue weighted by molar-refractivity contribution is -0.0132. The van der Waals surface area contributed by atoms with Gasteiger partial charge in [0.1, 0.15) is 0 Å². The molecule has 2 saturated carbocycles. The summed E-state index contributed by atoms with van der Waals surface area (Å²) in [5.74, 6) is 2.06. The quantitative estimate of drug-likeness (QED) is 0.631. The van der Waals surface area contributed by atoms with Crippen LogP contribution in [-0.4, -0.2) is 54.6 Å².